The Morgan fingerprint density at radius 2 is 1.87 bits per heavy atom. The molecule has 30 heavy (non-hydrogen) atoms. The number of carbonyl (C=O) groups excluding carboxylic acids is 1. The van der Waals surface area contributed by atoms with E-state index in [4.69, 9.17) is 14.5 Å². The van der Waals surface area contributed by atoms with Gasteiger partial charge in [0.2, 0.25) is 6.79 Å². The van der Waals surface area contributed by atoms with Gasteiger partial charge in [-0.15, -0.1) is 0 Å². The second kappa shape index (κ2) is 7.55. The summed E-state index contributed by atoms with van der Waals surface area (Å²) in [6.45, 7) is 3.37. The fraction of sp³-hybridized carbons (Fsp3) is 0.167. The van der Waals surface area contributed by atoms with Crippen LogP contribution >= 0.6 is 0 Å². The van der Waals surface area contributed by atoms with E-state index in [1.54, 1.807) is 0 Å². The van der Waals surface area contributed by atoms with Crippen molar-refractivity contribution in [2.24, 2.45) is 0 Å². The first-order valence-corrected chi connectivity index (χ1v) is 9.95. The fourth-order valence-electron chi connectivity index (χ4n) is 3.71. The lowest BCUT2D eigenvalue weighted by atomic mass is 10.1. The number of rotatable bonds is 5. The van der Waals surface area contributed by atoms with Gasteiger partial charge in [0.25, 0.3) is 5.91 Å². The first-order valence-electron chi connectivity index (χ1n) is 9.95. The molecule has 0 aliphatic carbocycles. The number of ether oxygens (including phenoxy) is 2. The third-order valence-electron chi connectivity index (χ3n) is 5.16. The van der Waals surface area contributed by atoms with Gasteiger partial charge in [-0.1, -0.05) is 30.3 Å². The molecule has 0 unspecified atom stereocenters. The van der Waals surface area contributed by atoms with E-state index in [9.17, 15) is 4.79 Å². The number of hydrogen-bond donors (Lipinski definition) is 1. The quantitative estimate of drug-likeness (QED) is 0.545. The minimum atomic E-state index is -0.0866. The summed E-state index contributed by atoms with van der Waals surface area (Å²) in [5.41, 5.74) is 4.46. The van der Waals surface area contributed by atoms with Crippen molar-refractivity contribution in [2.45, 2.75) is 13.5 Å². The van der Waals surface area contributed by atoms with Gasteiger partial charge in [-0.2, -0.15) is 0 Å². The summed E-state index contributed by atoms with van der Waals surface area (Å²) in [5.74, 6) is 2.19. The standard InChI is InChI=1S/C24H21N3O3/c1-2-25-24(28)18-8-10-19-20(12-18)27(14-16-6-4-3-5-7-16)23(26-19)17-9-11-21-22(13-17)30-15-29-21/h3-13H,2,14-15H2,1H3,(H,25,28). The Labute approximate surface area is 174 Å². The molecule has 6 heteroatoms. The van der Waals surface area contributed by atoms with Crippen molar-refractivity contribution in [3.05, 3.63) is 77.9 Å². The first kappa shape index (κ1) is 18.2. The number of benzene rings is 3. The van der Waals surface area contributed by atoms with Crippen molar-refractivity contribution in [1.29, 1.82) is 0 Å². The molecule has 0 spiro atoms. The maximum absolute atomic E-state index is 12.4. The molecule has 0 saturated heterocycles. The molecular formula is C24H21N3O3. The fourth-order valence-corrected chi connectivity index (χ4v) is 3.71. The Bertz CT molecular complexity index is 1230. The number of carbonyl (C=O) groups is 1. The molecule has 1 amide bonds. The molecule has 0 saturated carbocycles. The van der Waals surface area contributed by atoms with Crippen molar-refractivity contribution >= 4 is 16.9 Å². The second-order valence-corrected chi connectivity index (χ2v) is 7.14. The number of nitrogens with one attached hydrogen (secondary N) is 1. The number of aromatic nitrogens is 2. The summed E-state index contributed by atoms with van der Waals surface area (Å²) in [6, 6.07) is 21.7. The molecule has 3 aromatic carbocycles. The van der Waals surface area contributed by atoms with E-state index in [0.29, 0.717) is 24.4 Å². The van der Waals surface area contributed by atoms with Crippen molar-refractivity contribution < 1.29 is 14.3 Å². The highest BCUT2D eigenvalue weighted by Gasteiger charge is 2.19. The summed E-state index contributed by atoms with van der Waals surface area (Å²) < 4.78 is 13.1. The smallest absolute Gasteiger partial charge is 0.251 e. The largest absolute Gasteiger partial charge is 0.454 e. The lowest BCUT2D eigenvalue weighted by Gasteiger charge is -2.11. The Kier molecular flexibility index (Phi) is 4.59. The summed E-state index contributed by atoms with van der Waals surface area (Å²) >= 11 is 0. The van der Waals surface area contributed by atoms with Gasteiger partial charge in [0.1, 0.15) is 5.82 Å². The molecule has 150 valence electrons. The summed E-state index contributed by atoms with van der Waals surface area (Å²) in [6.07, 6.45) is 0. The maximum Gasteiger partial charge on any atom is 0.251 e. The molecule has 0 radical (unpaired) electrons. The first-order chi connectivity index (χ1) is 14.7. The van der Waals surface area contributed by atoms with Crippen LogP contribution < -0.4 is 14.8 Å². The van der Waals surface area contributed by atoms with Crippen LogP contribution in [0.15, 0.2) is 66.7 Å². The van der Waals surface area contributed by atoms with Gasteiger partial charge in [0.05, 0.1) is 11.0 Å². The number of hydrogen-bond acceptors (Lipinski definition) is 4. The van der Waals surface area contributed by atoms with E-state index in [2.05, 4.69) is 22.0 Å². The third-order valence-corrected chi connectivity index (χ3v) is 5.16. The van der Waals surface area contributed by atoms with Gasteiger partial charge in [0.15, 0.2) is 11.5 Å². The molecule has 6 nitrogen and oxygen atoms in total. The summed E-state index contributed by atoms with van der Waals surface area (Å²) in [7, 11) is 0. The van der Waals surface area contributed by atoms with Crippen LogP contribution in [0, 0.1) is 0 Å². The van der Waals surface area contributed by atoms with Crippen molar-refractivity contribution in [3.63, 3.8) is 0 Å². The molecule has 1 aromatic heterocycles. The minimum absolute atomic E-state index is 0.0866. The number of nitrogens with zero attached hydrogens (tertiary/aromatic N) is 2. The number of imidazole rings is 1. The predicted octanol–water partition coefficient (Wildman–Crippen LogP) is 4.23. The number of fused-ring (bicyclic) bond motifs is 2. The Balaban J connectivity index is 1.67. The molecule has 4 aromatic rings. The Morgan fingerprint density at radius 3 is 2.70 bits per heavy atom. The summed E-state index contributed by atoms with van der Waals surface area (Å²) in [4.78, 5) is 17.3. The van der Waals surface area contributed by atoms with Crippen molar-refractivity contribution in [2.75, 3.05) is 13.3 Å². The van der Waals surface area contributed by atoms with Crippen LogP contribution in [0.3, 0.4) is 0 Å². The lowest BCUT2D eigenvalue weighted by Crippen LogP contribution is -2.22. The Hall–Kier alpha value is -3.80. The highest BCUT2D eigenvalue weighted by atomic mass is 16.7. The van der Waals surface area contributed by atoms with Crippen LogP contribution in [-0.4, -0.2) is 28.8 Å². The lowest BCUT2D eigenvalue weighted by molar-refractivity contribution is 0.0956. The SMILES string of the molecule is CCNC(=O)c1ccc2nc(-c3ccc4c(c3)OCO4)n(Cc3ccccc3)c2c1. The average Bonchev–Trinajstić information content (AvgIpc) is 3.38. The third kappa shape index (κ3) is 3.26. The van der Waals surface area contributed by atoms with Gasteiger partial charge in [-0.3, -0.25) is 4.79 Å². The van der Waals surface area contributed by atoms with Crippen LogP contribution in [0.4, 0.5) is 0 Å². The van der Waals surface area contributed by atoms with E-state index in [-0.39, 0.29) is 12.7 Å². The van der Waals surface area contributed by atoms with E-state index in [1.165, 1.54) is 0 Å². The molecule has 1 aliphatic heterocycles. The predicted molar refractivity (Wildman–Crippen MR) is 115 cm³/mol. The van der Waals surface area contributed by atoms with Gasteiger partial charge in [0, 0.05) is 24.2 Å². The van der Waals surface area contributed by atoms with Crippen LogP contribution in [0.2, 0.25) is 0 Å². The molecule has 0 fully saturated rings. The highest BCUT2D eigenvalue weighted by molar-refractivity contribution is 5.98. The number of amides is 1. The van der Waals surface area contributed by atoms with E-state index in [1.807, 2.05) is 61.5 Å². The van der Waals surface area contributed by atoms with Gasteiger partial charge >= 0.3 is 0 Å². The van der Waals surface area contributed by atoms with Crippen molar-refractivity contribution in [3.8, 4) is 22.9 Å². The minimum Gasteiger partial charge on any atom is -0.454 e. The molecule has 1 aliphatic rings. The topological polar surface area (TPSA) is 65.4 Å². The molecule has 2 heterocycles. The molecule has 5 rings (SSSR count). The van der Waals surface area contributed by atoms with E-state index < -0.39 is 0 Å². The summed E-state index contributed by atoms with van der Waals surface area (Å²) in [5, 5.41) is 2.86. The zero-order chi connectivity index (χ0) is 20.5. The van der Waals surface area contributed by atoms with Crippen LogP contribution in [0.25, 0.3) is 22.4 Å². The normalized spacial score (nSPS) is 12.3. The van der Waals surface area contributed by atoms with E-state index >= 15 is 0 Å². The van der Waals surface area contributed by atoms with Gasteiger partial charge < -0.3 is 19.4 Å². The zero-order valence-corrected chi connectivity index (χ0v) is 16.6. The van der Waals surface area contributed by atoms with Crippen LogP contribution in [-0.2, 0) is 6.54 Å². The molecular weight excluding hydrogens is 378 g/mol. The zero-order valence-electron chi connectivity index (χ0n) is 16.6. The molecule has 0 atom stereocenters. The Morgan fingerprint density at radius 1 is 1.03 bits per heavy atom. The monoisotopic (exact) mass is 399 g/mol. The molecule has 1 N–H and O–H groups in total. The average molecular weight is 399 g/mol. The maximum atomic E-state index is 12.4. The molecule has 0 bridgehead atoms. The van der Waals surface area contributed by atoms with Gasteiger partial charge in [-0.05, 0) is 48.9 Å². The second-order valence-electron chi connectivity index (χ2n) is 7.14. The van der Waals surface area contributed by atoms with Crippen LogP contribution in [0.5, 0.6) is 11.5 Å². The van der Waals surface area contributed by atoms with Gasteiger partial charge in [-0.25, -0.2) is 4.98 Å². The van der Waals surface area contributed by atoms with Crippen LogP contribution in [0.1, 0.15) is 22.8 Å². The highest BCUT2D eigenvalue weighted by Crippen LogP contribution is 2.36. The van der Waals surface area contributed by atoms with Crippen molar-refractivity contribution in [1.82, 2.24) is 14.9 Å². The van der Waals surface area contributed by atoms with E-state index in [0.717, 1.165) is 33.7 Å².